The summed E-state index contributed by atoms with van der Waals surface area (Å²) in [4.78, 5) is 17.1. The zero-order valence-corrected chi connectivity index (χ0v) is 15.7. The summed E-state index contributed by atoms with van der Waals surface area (Å²) in [6, 6.07) is 18.4. The number of methoxy groups -OCH3 is 1. The van der Waals surface area contributed by atoms with Crippen LogP contribution in [0.1, 0.15) is 24.1 Å². The number of allylic oxidation sites excluding steroid dienone is 1. The Bertz CT molecular complexity index is 768. The van der Waals surface area contributed by atoms with E-state index in [2.05, 4.69) is 36.2 Å². The van der Waals surface area contributed by atoms with Gasteiger partial charge < -0.3 is 9.64 Å². The van der Waals surface area contributed by atoms with Crippen LogP contribution in [0.4, 0.5) is 0 Å². The molecule has 1 aliphatic rings. The van der Waals surface area contributed by atoms with Crippen LogP contribution in [0.25, 0.3) is 5.57 Å². The van der Waals surface area contributed by atoms with Crippen molar-refractivity contribution in [2.45, 2.75) is 13.0 Å². The summed E-state index contributed by atoms with van der Waals surface area (Å²) >= 11 is 0. The number of benzene rings is 2. The predicted molar refractivity (Wildman–Crippen MR) is 105 cm³/mol. The first-order valence-electron chi connectivity index (χ1n) is 8.95. The van der Waals surface area contributed by atoms with Gasteiger partial charge in [0.05, 0.1) is 13.2 Å². The Morgan fingerprint density at radius 2 is 1.77 bits per heavy atom. The zero-order valence-electron chi connectivity index (χ0n) is 15.7. The van der Waals surface area contributed by atoms with Crippen LogP contribution in [0.3, 0.4) is 0 Å². The Morgan fingerprint density at radius 3 is 2.42 bits per heavy atom. The second-order valence-corrected chi connectivity index (χ2v) is 6.75. The van der Waals surface area contributed by atoms with Crippen molar-refractivity contribution in [1.29, 1.82) is 0 Å². The molecule has 1 atom stereocenters. The average molecular weight is 350 g/mol. The van der Waals surface area contributed by atoms with Gasteiger partial charge in [0.1, 0.15) is 5.75 Å². The summed E-state index contributed by atoms with van der Waals surface area (Å²) < 4.78 is 5.19. The van der Waals surface area contributed by atoms with Crippen LogP contribution in [0.15, 0.2) is 60.7 Å². The number of amides is 1. The van der Waals surface area contributed by atoms with Gasteiger partial charge in [-0.25, -0.2) is 0 Å². The third kappa shape index (κ3) is 4.14. The van der Waals surface area contributed by atoms with Crippen LogP contribution < -0.4 is 4.74 Å². The minimum atomic E-state index is 0.0762. The third-order valence-corrected chi connectivity index (χ3v) is 5.03. The molecule has 2 aromatic rings. The molecule has 0 N–H and O–H groups in total. The first-order valence-corrected chi connectivity index (χ1v) is 8.95. The van der Waals surface area contributed by atoms with Gasteiger partial charge in [-0.3, -0.25) is 9.69 Å². The molecule has 4 nitrogen and oxygen atoms in total. The molecule has 0 aliphatic carbocycles. The van der Waals surface area contributed by atoms with Crippen LogP contribution >= 0.6 is 0 Å². The maximum atomic E-state index is 12.8. The van der Waals surface area contributed by atoms with E-state index in [0.717, 1.165) is 30.0 Å². The van der Waals surface area contributed by atoms with Crippen LogP contribution in [-0.4, -0.2) is 49.5 Å². The Labute approximate surface area is 155 Å². The van der Waals surface area contributed by atoms with Gasteiger partial charge in [-0.05, 0) is 42.8 Å². The predicted octanol–water partition coefficient (Wildman–Crippen LogP) is 3.61. The number of ether oxygens (including phenoxy) is 1. The van der Waals surface area contributed by atoms with E-state index < -0.39 is 0 Å². The lowest BCUT2D eigenvalue weighted by atomic mass is 10.0. The lowest BCUT2D eigenvalue weighted by molar-refractivity contribution is -0.128. The maximum absolute atomic E-state index is 12.8. The lowest BCUT2D eigenvalue weighted by Gasteiger charge is -2.39. The first kappa shape index (κ1) is 18.2. The fourth-order valence-corrected chi connectivity index (χ4v) is 3.32. The molecule has 4 heteroatoms. The van der Waals surface area contributed by atoms with E-state index in [1.807, 2.05) is 42.2 Å². The van der Waals surface area contributed by atoms with Crippen molar-refractivity contribution in [1.82, 2.24) is 9.80 Å². The Morgan fingerprint density at radius 1 is 1.08 bits per heavy atom. The van der Waals surface area contributed by atoms with Crippen molar-refractivity contribution in [3.05, 3.63) is 71.8 Å². The number of rotatable bonds is 4. The van der Waals surface area contributed by atoms with E-state index in [1.54, 1.807) is 13.2 Å². The smallest absolute Gasteiger partial charge is 0.246 e. The Hall–Kier alpha value is -2.59. The highest BCUT2D eigenvalue weighted by molar-refractivity contribution is 5.95. The molecule has 136 valence electrons. The Kier molecular flexibility index (Phi) is 5.74. The van der Waals surface area contributed by atoms with Gasteiger partial charge in [0.2, 0.25) is 5.91 Å². The van der Waals surface area contributed by atoms with E-state index in [-0.39, 0.29) is 11.9 Å². The highest BCUT2D eigenvalue weighted by Gasteiger charge is 2.27. The summed E-state index contributed by atoms with van der Waals surface area (Å²) in [5, 5.41) is 0. The summed E-state index contributed by atoms with van der Waals surface area (Å²) in [5.41, 5.74) is 3.25. The minimum absolute atomic E-state index is 0.0762. The number of likely N-dealkylation sites (N-methyl/N-ethyl adjacent to an activating group) is 1. The maximum Gasteiger partial charge on any atom is 0.246 e. The van der Waals surface area contributed by atoms with E-state index in [4.69, 9.17) is 4.74 Å². The first-order chi connectivity index (χ1) is 12.6. The molecule has 1 aliphatic heterocycles. The molecule has 1 saturated heterocycles. The second-order valence-electron chi connectivity index (χ2n) is 6.75. The standard InChI is InChI=1S/C22H26N2O2/c1-17(18-9-11-20(26-3)12-10-18)15-22(25)24-14-13-23(2)21(16-24)19-7-5-4-6-8-19/h4-12,15,21H,13-14,16H2,1-3H3/b17-15+. The van der Waals surface area contributed by atoms with Crippen LogP contribution in [0.2, 0.25) is 0 Å². The van der Waals surface area contributed by atoms with Crippen molar-refractivity contribution in [2.75, 3.05) is 33.8 Å². The van der Waals surface area contributed by atoms with Crippen molar-refractivity contribution >= 4 is 11.5 Å². The minimum Gasteiger partial charge on any atom is -0.497 e. The topological polar surface area (TPSA) is 32.8 Å². The van der Waals surface area contributed by atoms with Gasteiger partial charge in [0, 0.05) is 25.7 Å². The molecule has 0 bridgehead atoms. The van der Waals surface area contributed by atoms with E-state index in [9.17, 15) is 4.79 Å². The summed E-state index contributed by atoms with van der Waals surface area (Å²) in [6.07, 6.45) is 1.75. The molecule has 0 saturated carbocycles. The number of hydrogen-bond acceptors (Lipinski definition) is 3. The number of hydrogen-bond donors (Lipinski definition) is 0. The monoisotopic (exact) mass is 350 g/mol. The van der Waals surface area contributed by atoms with Gasteiger partial charge in [0.15, 0.2) is 0 Å². The van der Waals surface area contributed by atoms with Gasteiger partial charge >= 0.3 is 0 Å². The van der Waals surface area contributed by atoms with Gasteiger partial charge in [0.25, 0.3) is 0 Å². The highest BCUT2D eigenvalue weighted by Crippen LogP contribution is 2.25. The lowest BCUT2D eigenvalue weighted by Crippen LogP contribution is -2.48. The van der Waals surface area contributed by atoms with Gasteiger partial charge in [-0.2, -0.15) is 0 Å². The van der Waals surface area contributed by atoms with E-state index in [1.165, 1.54) is 5.56 Å². The molecular weight excluding hydrogens is 324 g/mol. The normalized spacial score (nSPS) is 18.7. The molecule has 1 amide bonds. The van der Waals surface area contributed by atoms with Crippen LogP contribution in [0, 0.1) is 0 Å². The molecule has 26 heavy (non-hydrogen) atoms. The number of nitrogens with zero attached hydrogens (tertiary/aromatic N) is 2. The quantitative estimate of drug-likeness (QED) is 0.790. The molecule has 1 unspecified atom stereocenters. The third-order valence-electron chi connectivity index (χ3n) is 5.03. The number of carbonyl (C=O) groups excluding carboxylic acids is 1. The highest BCUT2D eigenvalue weighted by atomic mass is 16.5. The van der Waals surface area contributed by atoms with Gasteiger partial charge in [-0.15, -0.1) is 0 Å². The number of piperazine rings is 1. The van der Waals surface area contributed by atoms with Gasteiger partial charge in [-0.1, -0.05) is 42.5 Å². The molecule has 0 aromatic heterocycles. The molecule has 1 fully saturated rings. The van der Waals surface area contributed by atoms with Crippen molar-refractivity contribution in [3.63, 3.8) is 0 Å². The summed E-state index contributed by atoms with van der Waals surface area (Å²) in [5.74, 6) is 0.894. The molecule has 1 heterocycles. The molecule has 0 spiro atoms. The van der Waals surface area contributed by atoms with Crippen molar-refractivity contribution in [3.8, 4) is 5.75 Å². The fourth-order valence-electron chi connectivity index (χ4n) is 3.32. The largest absolute Gasteiger partial charge is 0.497 e. The second kappa shape index (κ2) is 8.19. The molecule has 0 radical (unpaired) electrons. The van der Waals surface area contributed by atoms with Crippen molar-refractivity contribution < 1.29 is 9.53 Å². The van der Waals surface area contributed by atoms with E-state index >= 15 is 0 Å². The fraction of sp³-hybridized carbons (Fsp3) is 0.318. The summed E-state index contributed by atoms with van der Waals surface area (Å²) in [6.45, 7) is 4.32. The number of carbonyl (C=O) groups is 1. The van der Waals surface area contributed by atoms with Crippen LogP contribution in [0.5, 0.6) is 5.75 Å². The molecule has 2 aromatic carbocycles. The SMILES string of the molecule is COc1ccc(/C(C)=C/C(=O)N2CCN(C)C(c3ccccc3)C2)cc1. The zero-order chi connectivity index (χ0) is 18.5. The molecular formula is C22H26N2O2. The molecule has 3 rings (SSSR count). The Balaban J connectivity index is 1.72. The van der Waals surface area contributed by atoms with E-state index in [0.29, 0.717) is 6.54 Å². The van der Waals surface area contributed by atoms with Crippen molar-refractivity contribution in [2.24, 2.45) is 0 Å². The summed E-state index contributed by atoms with van der Waals surface area (Å²) in [7, 11) is 3.77. The van der Waals surface area contributed by atoms with Crippen LogP contribution in [-0.2, 0) is 4.79 Å². The average Bonchev–Trinajstić information content (AvgIpc) is 2.69.